The van der Waals surface area contributed by atoms with E-state index in [0.717, 1.165) is 19.3 Å². The zero-order valence-electron chi connectivity index (χ0n) is 21.8. The van der Waals surface area contributed by atoms with Gasteiger partial charge in [-0.05, 0) is 92.2 Å². The summed E-state index contributed by atoms with van der Waals surface area (Å²) in [6, 6.07) is 2.41. The molecule has 4 rings (SSSR count). The third kappa shape index (κ3) is 3.57. The van der Waals surface area contributed by atoms with E-state index in [0.29, 0.717) is 36.1 Å². The second kappa shape index (κ2) is 7.81. The SMILES string of the molecule is CC(C#N)[C@H]1C(=O)CC2C3CC=C4C[C@@H](O[Si](C)(C)C(C)(C)C)CC[C@]4(C)C3CC[C@@]21C. The Hall–Kier alpha value is -0.923. The van der Waals surface area contributed by atoms with E-state index in [1.807, 2.05) is 6.92 Å². The highest BCUT2D eigenvalue weighted by molar-refractivity contribution is 6.74. The van der Waals surface area contributed by atoms with Crippen LogP contribution < -0.4 is 0 Å². The molecule has 0 aromatic rings. The average molecular weight is 456 g/mol. The van der Waals surface area contributed by atoms with Gasteiger partial charge in [0.05, 0.1) is 12.0 Å². The van der Waals surface area contributed by atoms with Crippen molar-refractivity contribution in [2.45, 2.75) is 111 Å². The fraction of sp³-hybridized carbons (Fsp3) is 0.857. The van der Waals surface area contributed by atoms with Gasteiger partial charge in [-0.1, -0.05) is 46.3 Å². The number of carbonyl (C=O) groups excluding carboxylic acids is 1. The monoisotopic (exact) mass is 455 g/mol. The summed E-state index contributed by atoms with van der Waals surface area (Å²) in [7, 11) is -1.76. The predicted molar refractivity (Wildman–Crippen MR) is 132 cm³/mol. The highest BCUT2D eigenvalue weighted by Gasteiger charge is 2.62. The molecule has 0 N–H and O–H groups in total. The minimum absolute atomic E-state index is 0.0117. The number of allylic oxidation sites excluding steroid dienone is 1. The number of hydrogen-bond donors (Lipinski definition) is 0. The van der Waals surface area contributed by atoms with Gasteiger partial charge in [0.25, 0.3) is 0 Å². The molecular weight excluding hydrogens is 410 g/mol. The van der Waals surface area contributed by atoms with Crippen molar-refractivity contribution in [3.05, 3.63) is 11.6 Å². The van der Waals surface area contributed by atoms with Crippen molar-refractivity contribution in [3.63, 3.8) is 0 Å². The summed E-state index contributed by atoms with van der Waals surface area (Å²) in [5.74, 6) is 1.86. The summed E-state index contributed by atoms with van der Waals surface area (Å²) in [6.07, 6.45) is 10.5. The topological polar surface area (TPSA) is 50.1 Å². The Bertz CT molecular complexity index is 848. The van der Waals surface area contributed by atoms with Crippen molar-refractivity contribution in [2.24, 2.45) is 40.4 Å². The lowest BCUT2D eigenvalue weighted by molar-refractivity contribution is -0.123. The molecule has 0 aromatic heterocycles. The number of fused-ring (bicyclic) bond motifs is 5. The van der Waals surface area contributed by atoms with Crippen LogP contribution in [-0.2, 0) is 9.22 Å². The van der Waals surface area contributed by atoms with Crippen LogP contribution >= 0.6 is 0 Å². The average Bonchev–Trinajstić information content (AvgIpc) is 2.96. The van der Waals surface area contributed by atoms with Gasteiger partial charge in [0, 0.05) is 18.4 Å². The number of carbonyl (C=O) groups is 1. The lowest BCUT2D eigenvalue weighted by atomic mass is 9.47. The van der Waals surface area contributed by atoms with Crippen LogP contribution in [0.3, 0.4) is 0 Å². The second-order valence-electron chi connectivity index (χ2n) is 13.6. The zero-order valence-corrected chi connectivity index (χ0v) is 22.8. The molecule has 178 valence electrons. The Labute approximate surface area is 197 Å². The van der Waals surface area contributed by atoms with E-state index < -0.39 is 8.32 Å². The van der Waals surface area contributed by atoms with Crippen LogP contribution in [-0.4, -0.2) is 20.2 Å². The highest BCUT2D eigenvalue weighted by atomic mass is 28.4. The fourth-order valence-corrected chi connectivity index (χ4v) is 9.46. The van der Waals surface area contributed by atoms with Crippen LogP contribution in [0.5, 0.6) is 0 Å². The van der Waals surface area contributed by atoms with Crippen molar-refractivity contribution in [3.8, 4) is 6.07 Å². The maximum Gasteiger partial charge on any atom is 0.192 e. The Balaban J connectivity index is 1.56. The molecule has 4 aliphatic rings. The van der Waals surface area contributed by atoms with Gasteiger partial charge in [-0.2, -0.15) is 5.26 Å². The van der Waals surface area contributed by atoms with Crippen molar-refractivity contribution < 1.29 is 9.22 Å². The molecule has 0 amide bonds. The normalized spacial score (nSPS) is 42.9. The van der Waals surface area contributed by atoms with E-state index in [2.05, 4.69) is 59.9 Å². The first kappa shape index (κ1) is 24.2. The van der Waals surface area contributed by atoms with Gasteiger partial charge in [0.2, 0.25) is 0 Å². The Morgan fingerprint density at radius 1 is 1.16 bits per heavy atom. The highest BCUT2D eigenvalue weighted by Crippen LogP contribution is 2.66. The summed E-state index contributed by atoms with van der Waals surface area (Å²) < 4.78 is 6.85. The largest absolute Gasteiger partial charge is 0.414 e. The van der Waals surface area contributed by atoms with Gasteiger partial charge < -0.3 is 4.43 Å². The predicted octanol–water partition coefficient (Wildman–Crippen LogP) is 7.29. The van der Waals surface area contributed by atoms with Crippen LogP contribution in [0.25, 0.3) is 0 Å². The molecule has 3 saturated carbocycles. The van der Waals surface area contributed by atoms with Gasteiger partial charge in [0.15, 0.2) is 8.32 Å². The third-order valence-electron chi connectivity index (χ3n) is 10.9. The summed E-state index contributed by atoms with van der Waals surface area (Å²) in [5, 5.41) is 9.83. The third-order valence-corrected chi connectivity index (χ3v) is 15.5. The standard InChI is InChI=1S/C28H45NO2Si/c1-18(17-29)25-24(30)16-23-21-10-9-19-15-20(31-32(7,8)26(2,3)4)11-13-27(19,5)22(21)12-14-28(23,25)6/h9,18,20-23,25H,10-16H2,1-8H3/t18?,20-,21?,22?,23?,25-,27-,28-/m0/s1. The first-order valence-corrected chi connectivity index (χ1v) is 15.9. The van der Waals surface area contributed by atoms with E-state index in [9.17, 15) is 10.1 Å². The second-order valence-corrected chi connectivity index (χ2v) is 18.4. The molecule has 0 saturated heterocycles. The maximum atomic E-state index is 13.1. The Kier molecular flexibility index (Phi) is 5.91. The molecule has 0 aromatic carbocycles. The molecule has 0 spiro atoms. The summed E-state index contributed by atoms with van der Waals surface area (Å²) in [6.45, 7) is 18.6. The summed E-state index contributed by atoms with van der Waals surface area (Å²) in [5.41, 5.74) is 1.92. The van der Waals surface area contributed by atoms with E-state index in [-0.39, 0.29) is 27.7 Å². The number of nitrogens with zero attached hydrogens (tertiary/aromatic N) is 1. The number of ketones is 1. The van der Waals surface area contributed by atoms with Gasteiger partial charge in [0.1, 0.15) is 5.78 Å². The van der Waals surface area contributed by atoms with Crippen LogP contribution in [0.4, 0.5) is 0 Å². The van der Waals surface area contributed by atoms with Crippen LogP contribution in [0.1, 0.15) is 86.5 Å². The molecule has 4 unspecified atom stereocenters. The first-order chi connectivity index (χ1) is 14.7. The van der Waals surface area contributed by atoms with Gasteiger partial charge >= 0.3 is 0 Å². The summed E-state index contributed by atoms with van der Waals surface area (Å²) >= 11 is 0. The minimum Gasteiger partial charge on any atom is -0.414 e. The zero-order chi connectivity index (χ0) is 23.7. The van der Waals surface area contributed by atoms with Gasteiger partial charge in [-0.25, -0.2) is 0 Å². The van der Waals surface area contributed by atoms with Crippen molar-refractivity contribution in [2.75, 3.05) is 0 Å². The van der Waals surface area contributed by atoms with Crippen molar-refractivity contribution in [1.82, 2.24) is 0 Å². The number of hydrogen-bond acceptors (Lipinski definition) is 3. The molecule has 0 bridgehead atoms. The summed E-state index contributed by atoms with van der Waals surface area (Å²) in [4.78, 5) is 13.1. The first-order valence-electron chi connectivity index (χ1n) is 13.0. The smallest absolute Gasteiger partial charge is 0.192 e. The fourth-order valence-electron chi connectivity index (χ4n) is 8.08. The molecule has 0 aliphatic heterocycles. The number of rotatable bonds is 3. The number of Topliss-reactive ketones (excluding diaryl/α,β-unsaturated/α-hetero) is 1. The lowest BCUT2D eigenvalue weighted by Gasteiger charge is -2.58. The van der Waals surface area contributed by atoms with E-state index in [1.165, 1.54) is 19.3 Å². The minimum atomic E-state index is -1.76. The molecular formula is C28H45NO2Si. The van der Waals surface area contributed by atoms with Gasteiger partial charge in [-0.3, -0.25) is 4.79 Å². The Morgan fingerprint density at radius 2 is 1.84 bits per heavy atom. The van der Waals surface area contributed by atoms with E-state index in [1.54, 1.807) is 5.57 Å². The molecule has 0 heterocycles. The van der Waals surface area contributed by atoms with Crippen LogP contribution in [0.2, 0.25) is 18.1 Å². The maximum absolute atomic E-state index is 13.1. The Morgan fingerprint density at radius 3 is 2.47 bits per heavy atom. The molecule has 0 radical (unpaired) electrons. The van der Waals surface area contributed by atoms with E-state index >= 15 is 0 Å². The van der Waals surface area contributed by atoms with Crippen molar-refractivity contribution >= 4 is 14.1 Å². The van der Waals surface area contributed by atoms with E-state index in [4.69, 9.17) is 4.43 Å². The van der Waals surface area contributed by atoms with Crippen LogP contribution in [0.15, 0.2) is 11.6 Å². The number of nitriles is 1. The molecule has 4 aliphatic carbocycles. The van der Waals surface area contributed by atoms with Crippen LogP contribution in [0, 0.1) is 51.8 Å². The quantitative estimate of drug-likeness (QED) is 0.331. The molecule has 8 atom stereocenters. The molecule has 3 fully saturated rings. The van der Waals surface area contributed by atoms with Gasteiger partial charge in [-0.15, -0.1) is 0 Å². The lowest BCUT2D eigenvalue weighted by Crippen LogP contribution is -2.52. The van der Waals surface area contributed by atoms with Crippen molar-refractivity contribution in [1.29, 1.82) is 5.26 Å². The molecule has 32 heavy (non-hydrogen) atoms. The molecule has 4 heteroatoms. The molecule has 3 nitrogen and oxygen atoms in total.